The highest BCUT2D eigenvalue weighted by atomic mass is 31.2. The molecule has 0 amide bonds. The number of hydrogen-bond acceptors (Lipinski definition) is 6. The van der Waals surface area contributed by atoms with Crippen molar-refractivity contribution < 1.29 is 28.0 Å². The zero-order valence-corrected chi connectivity index (χ0v) is 27.9. The van der Waals surface area contributed by atoms with Crippen molar-refractivity contribution in [3.05, 3.63) is 133 Å². The van der Waals surface area contributed by atoms with Crippen LogP contribution in [0.2, 0.25) is 0 Å². The first-order valence-electron chi connectivity index (χ1n) is 16.9. The Bertz CT molecular complexity index is 2470. The first kappa shape index (κ1) is 29.6. The molecular formula is C42H32NO6P. The molecule has 2 fully saturated rings. The van der Waals surface area contributed by atoms with E-state index in [4.69, 9.17) is 23.5 Å². The van der Waals surface area contributed by atoms with Gasteiger partial charge < -0.3 is 28.0 Å². The second-order valence-corrected chi connectivity index (χ2v) is 15.2. The smallest absolute Gasteiger partial charge is 0.311 e. The Hall–Kier alpha value is -5.33. The maximum Gasteiger partial charge on any atom is 0.311 e. The van der Waals surface area contributed by atoms with E-state index in [0.717, 1.165) is 49.7 Å². The van der Waals surface area contributed by atoms with Gasteiger partial charge in [-0.25, -0.2) is 0 Å². The van der Waals surface area contributed by atoms with Crippen molar-refractivity contribution in [2.24, 2.45) is 0 Å². The Kier molecular flexibility index (Phi) is 6.88. The number of epoxide rings is 2. The largest absolute Gasteiger partial charge is 0.489 e. The third-order valence-corrected chi connectivity index (χ3v) is 12.1. The molecule has 3 aliphatic heterocycles. The third-order valence-electron chi connectivity index (χ3n) is 9.64. The molecule has 50 heavy (non-hydrogen) atoms. The number of rotatable bonds is 9. The molecule has 2 saturated heterocycles. The molecule has 246 valence electrons. The summed E-state index contributed by atoms with van der Waals surface area (Å²) in [5.41, 5.74) is 6.69. The average Bonchev–Trinajstić information content (AvgIpc) is 4.12. The zero-order chi connectivity index (χ0) is 33.2. The van der Waals surface area contributed by atoms with Crippen LogP contribution in [0.4, 0.5) is 0 Å². The van der Waals surface area contributed by atoms with Gasteiger partial charge in [0.05, 0.1) is 34.7 Å². The third kappa shape index (κ3) is 4.92. The van der Waals surface area contributed by atoms with Crippen molar-refractivity contribution in [1.29, 1.82) is 0 Å². The number of benzene rings is 6. The van der Waals surface area contributed by atoms with Crippen LogP contribution >= 0.6 is 7.37 Å². The van der Waals surface area contributed by atoms with Gasteiger partial charge in [0.1, 0.15) is 48.2 Å². The molecule has 3 unspecified atom stereocenters. The fourth-order valence-electron chi connectivity index (χ4n) is 7.05. The molecule has 4 heterocycles. The SMILES string of the molecule is O=P1(c2cc(OCC3CO3)c3c(c2OCC2CO2)c2cc(-c4ccccc4)ccc2n3-c2ccccc2)Oc2ccccc2-c2ccccc21. The van der Waals surface area contributed by atoms with E-state index in [2.05, 4.69) is 47.0 Å². The van der Waals surface area contributed by atoms with Crippen LogP contribution in [0.5, 0.6) is 17.2 Å². The van der Waals surface area contributed by atoms with E-state index in [1.807, 2.05) is 91.0 Å². The van der Waals surface area contributed by atoms with E-state index in [0.29, 0.717) is 54.3 Å². The van der Waals surface area contributed by atoms with Gasteiger partial charge in [-0.3, -0.25) is 4.57 Å². The number of fused-ring (bicyclic) bond motifs is 6. The summed E-state index contributed by atoms with van der Waals surface area (Å²) >= 11 is 0. The van der Waals surface area contributed by atoms with Crippen LogP contribution in [-0.2, 0) is 14.0 Å². The number of hydrogen-bond donors (Lipinski definition) is 0. The normalized spacial score (nSPS) is 20.2. The lowest BCUT2D eigenvalue weighted by atomic mass is 10.0. The number of nitrogens with zero attached hydrogens (tertiary/aromatic N) is 1. The summed E-state index contributed by atoms with van der Waals surface area (Å²) < 4.78 is 49.5. The van der Waals surface area contributed by atoms with Crippen LogP contribution in [0, 0.1) is 0 Å². The molecule has 0 saturated carbocycles. The first-order chi connectivity index (χ1) is 24.7. The fourth-order valence-corrected chi connectivity index (χ4v) is 9.47. The van der Waals surface area contributed by atoms with Gasteiger partial charge in [0.25, 0.3) is 0 Å². The Morgan fingerprint density at radius 2 is 1.32 bits per heavy atom. The Balaban J connectivity index is 1.33. The molecule has 0 spiro atoms. The molecule has 1 aromatic heterocycles. The second-order valence-electron chi connectivity index (χ2n) is 12.9. The van der Waals surface area contributed by atoms with E-state index in [-0.39, 0.29) is 12.2 Å². The molecule has 8 heteroatoms. The quantitative estimate of drug-likeness (QED) is 0.113. The summed E-state index contributed by atoms with van der Waals surface area (Å²) in [6.45, 7) is 1.94. The summed E-state index contributed by atoms with van der Waals surface area (Å²) in [6, 6.07) is 44.5. The summed E-state index contributed by atoms with van der Waals surface area (Å²) in [7, 11) is -3.83. The van der Waals surface area contributed by atoms with Crippen LogP contribution < -0.4 is 24.6 Å². The minimum atomic E-state index is -3.83. The lowest BCUT2D eigenvalue weighted by Crippen LogP contribution is -2.27. The van der Waals surface area contributed by atoms with Crippen molar-refractivity contribution in [3.8, 4) is 45.2 Å². The van der Waals surface area contributed by atoms with Crippen LogP contribution in [0.1, 0.15) is 0 Å². The topological polar surface area (TPSA) is 74.8 Å². The van der Waals surface area contributed by atoms with E-state index < -0.39 is 7.37 Å². The number of para-hydroxylation sites is 2. The lowest BCUT2D eigenvalue weighted by molar-refractivity contribution is 0.262. The van der Waals surface area contributed by atoms with Gasteiger partial charge in [-0.2, -0.15) is 0 Å². The minimum absolute atomic E-state index is 0.00483. The lowest BCUT2D eigenvalue weighted by Gasteiger charge is -2.30. The average molecular weight is 678 g/mol. The van der Waals surface area contributed by atoms with E-state index in [1.54, 1.807) is 0 Å². The maximum atomic E-state index is 15.9. The molecule has 7 nitrogen and oxygen atoms in total. The zero-order valence-electron chi connectivity index (χ0n) is 27.0. The fraction of sp³-hybridized carbons (Fsp3) is 0.143. The second kappa shape index (κ2) is 11.6. The molecule has 6 aromatic carbocycles. The summed E-state index contributed by atoms with van der Waals surface area (Å²) in [5.74, 6) is 1.66. The van der Waals surface area contributed by atoms with Gasteiger partial charge in [0.2, 0.25) is 0 Å². The van der Waals surface area contributed by atoms with Crippen LogP contribution in [-0.4, -0.2) is 43.2 Å². The van der Waals surface area contributed by atoms with Gasteiger partial charge in [-0.1, -0.05) is 91.0 Å². The van der Waals surface area contributed by atoms with Crippen molar-refractivity contribution >= 4 is 39.8 Å². The van der Waals surface area contributed by atoms with Crippen LogP contribution in [0.25, 0.3) is 49.7 Å². The van der Waals surface area contributed by atoms with Gasteiger partial charge in [-0.15, -0.1) is 0 Å². The maximum absolute atomic E-state index is 15.9. The van der Waals surface area contributed by atoms with Crippen molar-refractivity contribution in [3.63, 3.8) is 0 Å². The van der Waals surface area contributed by atoms with Crippen molar-refractivity contribution in [2.45, 2.75) is 12.2 Å². The van der Waals surface area contributed by atoms with Crippen molar-refractivity contribution in [1.82, 2.24) is 4.57 Å². The molecule has 0 N–H and O–H groups in total. The molecule has 3 aliphatic rings. The standard InChI is InChI=1S/C42H32NO6P/c44-50(38-18-10-8-16-33(38)32-15-7-9-17-36(32)49-50)39-22-37(47-25-30-23-45-30)41-40(42(39)48-26-31-24-46-31)34-21-28(27-11-3-1-4-12-27)19-20-35(34)43(41)29-13-5-2-6-14-29/h1-22,30-31H,23-26H2. The van der Waals surface area contributed by atoms with Gasteiger partial charge in [0, 0.05) is 22.7 Å². The Morgan fingerprint density at radius 3 is 2.08 bits per heavy atom. The highest BCUT2D eigenvalue weighted by molar-refractivity contribution is 7.75. The Morgan fingerprint density at radius 1 is 0.660 bits per heavy atom. The number of ether oxygens (including phenoxy) is 4. The number of aromatic nitrogens is 1. The minimum Gasteiger partial charge on any atom is -0.489 e. The molecule has 0 bridgehead atoms. The highest BCUT2D eigenvalue weighted by Gasteiger charge is 2.42. The predicted molar refractivity (Wildman–Crippen MR) is 196 cm³/mol. The molecule has 3 atom stereocenters. The first-order valence-corrected chi connectivity index (χ1v) is 18.5. The van der Waals surface area contributed by atoms with Gasteiger partial charge >= 0.3 is 7.37 Å². The van der Waals surface area contributed by atoms with E-state index in [9.17, 15) is 0 Å². The summed E-state index contributed by atoms with van der Waals surface area (Å²) in [6.07, 6.45) is -0.0327. The molecule has 0 radical (unpaired) electrons. The van der Waals surface area contributed by atoms with Crippen LogP contribution in [0.15, 0.2) is 133 Å². The van der Waals surface area contributed by atoms with E-state index >= 15 is 4.57 Å². The van der Waals surface area contributed by atoms with Crippen molar-refractivity contribution in [2.75, 3.05) is 26.4 Å². The molecule has 10 rings (SSSR count). The molecule has 7 aromatic rings. The highest BCUT2D eigenvalue weighted by Crippen LogP contribution is 2.57. The molecular weight excluding hydrogens is 645 g/mol. The van der Waals surface area contributed by atoms with Gasteiger partial charge in [-0.05, 0) is 53.1 Å². The van der Waals surface area contributed by atoms with Crippen LogP contribution in [0.3, 0.4) is 0 Å². The van der Waals surface area contributed by atoms with E-state index in [1.165, 1.54) is 0 Å². The Labute approximate surface area is 289 Å². The predicted octanol–water partition coefficient (Wildman–Crippen LogP) is 8.29. The summed E-state index contributed by atoms with van der Waals surface area (Å²) in [5, 5.41) is 2.83. The monoisotopic (exact) mass is 677 g/mol. The summed E-state index contributed by atoms with van der Waals surface area (Å²) in [4.78, 5) is 0. The molecule has 0 aliphatic carbocycles. The van der Waals surface area contributed by atoms with Gasteiger partial charge in [0.15, 0.2) is 0 Å².